The van der Waals surface area contributed by atoms with Crippen LogP contribution in [-0.2, 0) is 6.42 Å². The van der Waals surface area contributed by atoms with Gasteiger partial charge in [-0.05, 0) is 58.2 Å². The van der Waals surface area contributed by atoms with Crippen molar-refractivity contribution in [2.24, 2.45) is 5.10 Å². The minimum absolute atomic E-state index is 0.0540. The quantitative estimate of drug-likeness (QED) is 0.0791. The van der Waals surface area contributed by atoms with Crippen molar-refractivity contribution in [1.82, 2.24) is 10.4 Å². The molecule has 1 amide bonds. The number of benzene rings is 3. The summed E-state index contributed by atoms with van der Waals surface area (Å²) in [4.78, 5) is 29.2. The van der Waals surface area contributed by atoms with E-state index in [-0.39, 0.29) is 11.5 Å². The number of fused-ring (bicyclic) bond motifs is 1. The number of hydrogen-bond donors (Lipinski definition) is 2. The van der Waals surface area contributed by atoms with Crippen molar-refractivity contribution in [3.63, 3.8) is 0 Å². The first-order chi connectivity index (χ1) is 18.9. The maximum absolute atomic E-state index is 13.4. The second kappa shape index (κ2) is 11.6. The van der Waals surface area contributed by atoms with E-state index in [2.05, 4.69) is 54.3 Å². The molecule has 0 aliphatic rings. The second-order valence-electron chi connectivity index (χ2n) is 8.42. The monoisotopic (exact) mass is 667 g/mol. The highest BCUT2D eigenvalue weighted by Crippen LogP contribution is 2.38. The molecule has 2 aromatic heterocycles. The Morgan fingerprint density at radius 1 is 1.10 bits per heavy atom. The Balaban J connectivity index is 1.49. The Labute approximate surface area is 245 Å². The van der Waals surface area contributed by atoms with E-state index in [1.807, 2.05) is 36.4 Å². The van der Waals surface area contributed by atoms with Gasteiger partial charge in [-0.25, -0.2) is 10.2 Å². The molecule has 0 aliphatic carbocycles. The second-order valence-corrected chi connectivity index (χ2v) is 10.6. The summed E-state index contributed by atoms with van der Waals surface area (Å²) in [6, 6.07) is 19.9. The zero-order valence-corrected chi connectivity index (χ0v) is 24.4. The molecular weight excluding hydrogens is 650 g/mol. The maximum Gasteiger partial charge on any atom is 0.379 e. The lowest BCUT2D eigenvalue weighted by Gasteiger charge is -2.10. The summed E-state index contributed by atoms with van der Waals surface area (Å²) >= 11 is 13.4. The number of carbonyl (C=O) groups excluding carboxylic acids is 2. The molecule has 7 nitrogen and oxygen atoms in total. The number of nitrogens with one attached hydrogen (secondary N) is 2. The maximum atomic E-state index is 13.4. The molecule has 2 heterocycles. The molecule has 0 spiro atoms. The van der Waals surface area contributed by atoms with Gasteiger partial charge in [-0.3, -0.25) is 4.79 Å². The number of hydrogen-bond acceptors (Lipinski definition) is 5. The predicted molar refractivity (Wildman–Crippen MR) is 159 cm³/mol. The molecule has 196 valence electrons. The molecule has 3 aromatic carbocycles. The highest BCUT2D eigenvalue weighted by Gasteiger charge is 2.22. The number of amides is 1. The van der Waals surface area contributed by atoms with Crippen LogP contribution in [0.2, 0.25) is 5.02 Å². The number of rotatable bonds is 7. The van der Waals surface area contributed by atoms with Crippen LogP contribution in [0.15, 0.2) is 91.5 Å². The number of aryl methyl sites for hydroxylation is 1. The zero-order valence-electron chi connectivity index (χ0n) is 20.4. The van der Waals surface area contributed by atoms with Gasteiger partial charge in [-0.15, -0.1) is 0 Å². The lowest BCUT2D eigenvalue weighted by molar-refractivity contribution is 0.0699. The van der Waals surface area contributed by atoms with Crippen molar-refractivity contribution < 1.29 is 18.7 Å². The predicted octanol–water partition coefficient (Wildman–Crippen LogP) is 8.15. The largest absolute Gasteiger partial charge is 0.457 e. The van der Waals surface area contributed by atoms with E-state index >= 15 is 0 Å². The lowest BCUT2D eigenvalue weighted by atomic mass is 9.99. The third-order valence-electron chi connectivity index (χ3n) is 6.00. The summed E-state index contributed by atoms with van der Waals surface area (Å²) in [5, 5.41) is 5.58. The van der Waals surface area contributed by atoms with Crippen LogP contribution in [0.3, 0.4) is 0 Å². The number of carbonyl (C=O) groups is 2. The van der Waals surface area contributed by atoms with Crippen molar-refractivity contribution >= 4 is 72.5 Å². The van der Waals surface area contributed by atoms with Crippen molar-refractivity contribution in [3.05, 3.63) is 110 Å². The molecule has 0 saturated carbocycles. The molecular formula is C29H20Br2ClN3O4. The Hall–Kier alpha value is -3.66. The van der Waals surface area contributed by atoms with Crippen LogP contribution >= 0.6 is 43.5 Å². The van der Waals surface area contributed by atoms with Crippen LogP contribution in [0.4, 0.5) is 0 Å². The lowest BCUT2D eigenvalue weighted by Crippen LogP contribution is -2.19. The number of aromatic amines is 1. The van der Waals surface area contributed by atoms with Crippen LogP contribution in [0.5, 0.6) is 5.75 Å². The van der Waals surface area contributed by atoms with Gasteiger partial charge in [0.25, 0.3) is 5.91 Å². The fourth-order valence-corrected chi connectivity index (χ4v) is 5.79. The number of hydrazone groups is 1. The molecule has 5 aromatic rings. The van der Waals surface area contributed by atoms with E-state index in [1.54, 1.807) is 24.3 Å². The Bertz CT molecular complexity index is 1730. The fraction of sp³-hybridized carbons (Fsp3) is 0.0690. The number of esters is 1. The first kappa shape index (κ1) is 26.9. The Morgan fingerprint density at radius 2 is 1.92 bits per heavy atom. The standard InChI is InChI=1S/C29H20Br2ClN3O4/c1-2-16-7-5-9-20-24(19-8-3-4-10-22(19)32)26(34-25(16)20)28(36)35-33-15-17-13-18(30)14-21(31)27(17)39-29(37)23-11-6-12-38-23/h3-15,34H,2H2,1H3,(H,35,36). The van der Waals surface area contributed by atoms with Crippen LogP contribution in [0, 0.1) is 0 Å². The van der Waals surface area contributed by atoms with E-state index < -0.39 is 11.9 Å². The summed E-state index contributed by atoms with van der Waals surface area (Å²) in [6.45, 7) is 2.06. The first-order valence-electron chi connectivity index (χ1n) is 11.8. The number of nitrogens with zero attached hydrogens (tertiary/aromatic N) is 1. The molecule has 0 atom stereocenters. The number of furan rings is 1. The van der Waals surface area contributed by atoms with Crippen LogP contribution in [0.25, 0.3) is 22.0 Å². The zero-order chi connectivity index (χ0) is 27.5. The molecule has 39 heavy (non-hydrogen) atoms. The van der Waals surface area contributed by atoms with Crippen molar-refractivity contribution in [3.8, 4) is 16.9 Å². The highest BCUT2D eigenvalue weighted by atomic mass is 79.9. The normalized spacial score (nSPS) is 11.3. The highest BCUT2D eigenvalue weighted by molar-refractivity contribution is 9.11. The SMILES string of the molecule is CCc1cccc2c(-c3ccccc3Cl)c(C(=O)NN=Cc3cc(Br)cc(Br)c3OC(=O)c3ccco3)[nH]c12. The van der Waals surface area contributed by atoms with E-state index in [9.17, 15) is 9.59 Å². The summed E-state index contributed by atoms with van der Waals surface area (Å²) in [5.41, 5.74) is 6.72. The summed E-state index contributed by atoms with van der Waals surface area (Å²) in [5.74, 6) is -0.857. The van der Waals surface area contributed by atoms with E-state index in [1.165, 1.54) is 18.5 Å². The molecule has 10 heteroatoms. The molecule has 0 bridgehead atoms. The average Bonchev–Trinajstić information content (AvgIpc) is 3.59. The van der Waals surface area contributed by atoms with Gasteiger partial charge in [-0.1, -0.05) is 70.9 Å². The molecule has 0 radical (unpaired) electrons. The molecule has 0 fully saturated rings. The van der Waals surface area contributed by atoms with Crippen LogP contribution in [0.1, 0.15) is 39.1 Å². The van der Waals surface area contributed by atoms with Crippen LogP contribution < -0.4 is 10.2 Å². The molecule has 0 saturated heterocycles. The first-order valence-corrected chi connectivity index (χ1v) is 13.8. The van der Waals surface area contributed by atoms with Gasteiger partial charge in [0.15, 0.2) is 5.75 Å². The minimum Gasteiger partial charge on any atom is -0.457 e. The number of H-pyrrole nitrogens is 1. The van der Waals surface area contributed by atoms with Gasteiger partial charge < -0.3 is 14.1 Å². The Morgan fingerprint density at radius 3 is 2.67 bits per heavy atom. The summed E-state index contributed by atoms with van der Waals surface area (Å²) in [6.07, 6.45) is 3.57. The van der Waals surface area contributed by atoms with E-state index in [0.29, 0.717) is 30.8 Å². The van der Waals surface area contributed by atoms with Gasteiger partial charge in [0.1, 0.15) is 5.69 Å². The van der Waals surface area contributed by atoms with Gasteiger partial charge in [0.05, 0.1) is 17.0 Å². The summed E-state index contributed by atoms with van der Waals surface area (Å²) in [7, 11) is 0. The summed E-state index contributed by atoms with van der Waals surface area (Å²) < 4.78 is 11.9. The van der Waals surface area contributed by atoms with Gasteiger partial charge in [-0.2, -0.15) is 5.10 Å². The van der Waals surface area contributed by atoms with Gasteiger partial charge in [0, 0.05) is 37.1 Å². The van der Waals surface area contributed by atoms with Gasteiger partial charge >= 0.3 is 5.97 Å². The average molecular weight is 670 g/mol. The van der Waals surface area contributed by atoms with Crippen molar-refractivity contribution in [2.75, 3.05) is 0 Å². The minimum atomic E-state index is -0.670. The number of aromatic nitrogens is 1. The third-order valence-corrected chi connectivity index (χ3v) is 7.37. The molecule has 2 N–H and O–H groups in total. The van der Waals surface area contributed by atoms with E-state index in [0.717, 1.165) is 28.5 Å². The van der Waals surface area contributed by atoms with Crippen LogP contribution in [-0.4, -0.2) is 23.1 Å². The molecule has 0 unspecified atom stereocenters. The number of ether oxygens (including phenoxy) is 1. The molecule has 0 aliphatic heterocycles. The topological polar surface area (TPSA) is 96.7 Å². The number of halogens is 3. The number of para-hydroxylation sites is 1. The third kappa shape index (κ3) is 5.56. The van der Waals surface area contributed by atoms with E-state index in [4.69, 9.17) is 20.8 Å². The van der Waals surface area contributed by atoms with Crippen molar-refractivity contribution in [1.29, 1.82) is 0 Å². The smallest absolute Gasteiger partial charge is 0.379 e. The molecule has 5 rings (SSSR count). The fourth-order valence-electron chi connectivity index (χ4n) is 4.22. The van der Waals surface area contributed by atoms with Gasteiger partial charge in [0.2, 0.25) is 5.76 Å². The van der Waals surface area contributed by atoms with Crippen molar-refractivity contribution in [2.45, 2.75) is 13.3 Å². The Kier molecular flexibility index (Phi) is 8.02.